The molecular weight excluding hydrogens is 244 g/mol. The molecule has 1 heterocycles. The van der Waals surface area contributed by atoms with Gasteiger partial charge in [-0.1, -0.05) is 48.0 Å². The van der Waals surface area contributed by atoms with Gasteiger partial charge in [0.25, 0.3) is 0 Å². The van der Waals surface area contributed by atoms with Crippen LogP contribution >= 0.6 is 0 Å². The van der Waals surface area contributed by atoms with E-state index in [1.807, 2.05) is 0 Å². The topological polar surface area (TPSA) is 9.23 Å². The molecule has 3 aromatic carbocycles. The molecule has 3 aromatic rings. The average Bonchev–Trinajstić information content (AvgIpc) is 2.45. The molecule has 4 rings (SSSR count). The number of hydrogen-bond acceptors (Lipinski definition) is 1. The Hall–Kier alpha value is -2.28. The number of rotatable bonds is 0. The monoisotopic (exact) mass is 260 g/mol. The largest absolute Gasteiger partial charge is 0.488 e. The van der Waals surface area contributed by atoms with Gasteiger partial charge in [-0.2, -0.15) is 0 Å². The van der Waals surface area contributed by atoms with Gasteiger partial charge in [0, 0.05) is 11.1 Å². The molecule has 98 valence electrons. The number of fused-ring (bicyclic) bond motifs is 5. The smallest absolute Gasteiger partial charge is 0.127 e. The summed E-state index contributed by atoms with van der Waals surface area (Å²) in [5, 5.41) is 2.60. The van der Waals surface area contributed by atoms with E-state index in [2.05, 4.69) is 62.4 Å². The molecule has 0 unspecified atom stereocenters. The van der Waals surface area contributed by atoms with Crippen LogP contribution < -0.4 is 4.74 Å². The maximum Gasteiger partial charge on any atom is 0.127 e. The molecule has 1 heteroatoms. The van der Waals surface area contributed by atoms with E-state index in [1.54, 1.807) is 0 Å². The first-order valence-electron chi connectivity index (χ1n) is 6.98. The van der Waals surface area contributed by atoms with Gasteiger partial charge in [-0.3, -0.25) is 0 Å². The minimum atomic E-state index is 0.659. The first-order valence-corrected chi connectivity index (χ1v) is 6.98. The SMILES string of the molecule is Cc1ccc2c(c1)OCc1c-2ccc2cc(C)ccc12. The van der Waals surface area contributed by atoms with E-state index in [1.165, 1.54) is 38.6 Å². The van der Waals surface area contributed by atoms with Crippen LogP contribution in [0.2, 0.25) is 0 Å². The summed E-state index contributed by atoms with van der Waals surface area (Å²) in [6.45, 7) is 4.89. The minimum Gasteiger partial charge on any atom is -0.488 e. The second kappa shape index (κ2) is 4.11. The molecule has 0 spiro atoms. The molecule has 1 aliphatic rings. The number of ether oxygens (including phenoxy) is 1. The molecule has 1 aliphatic heterocycles. The van der Waals surface area contributed by atoms with Gasteiger partial charge in [0.2, 0.25) is 0 Å². The maximum atomic E-state index is 5.97. The van der Waals surface area contributed by atoms with Gasteiger partial charge in [0.05, 0.1) is 0 Å². The van der Waals surface area contributed by atoms with Crippen molar-refractivity contribution >= 4 is 10.8 Å². The Kier molecular flexibility index (Phi) is 2.37. The quantitative estimate of drug-likeness (QED) is 0.551. The average molecular weight is 260 g/mol. The van der Waals surface area contributed by atoms with E-state index in [0.717, 1.165) is 5.75 Å². The van der Waals surface area contributed by atoms with Gasteiger partial charge in [-0.05, 0) is 41.8 Å². The summed E-state index contributed by atoms with van der Waals surface area (Å²) in [6.07, 6.45) is 0. The van der Waals surface area contributed by atoms with Crippen LogP contribution in [0.1, 0.15) is 16.7 Å². The first kappa shape index (κ1) is 11.5. The van der Waals surface area contributed by atoms with Crippen molar-refractivity contribution in [2.24, 2.45) is 0 Å². The van der Waals surface area contributed by atoms with Crippen molar-refractivity contribution in [3.63, 3.8) is 0 Å². The van der Waals surface area contributed by atoms with Gasteiger partial charge < -0.3 is 4.74 Å². The highest BCUT2D eigenvalue weighted by Crippen LogP contribution is 2.40. The number of benzene rings is 3. The molecule has 1 nitrogen and oxygen atoms in total. The van der Waals surface area contributed by atoms with Gasteiger partial charge >= 0.3 is 0 Å². The second-order valence-corrected chi connectivity index (χ2v) is 5.60. The third kappa shape index (κ3) is 1.63. The highest BCUT2D eigenvalue weighted by Gasteiger charge is 2.19. The molecule has 0 N–H and O–H groups in total. The van der Waals surface area contributed by atoms with Gasteiger partial charge in [-0.25, -0.2) is 0 Å². The lowest BCUT2D eigenvalue weighted by atomic mass is 9.91. The van der Waals surface area contributed by atoms with Crippen LogP contribution in [0, 0.1) is 13.8 Å². The molecule has 0 saturated carbocycles. The first-order chi connectivity index (χ1) is 9.72. The predicted octanol–water partition coefficient (Wildman–Crippen LogP) is 5.02. The van der Waals surface area contributed by atoms with Crippen molar-refractivity contribution in [1.29, 1.82) is 0 Å². The van der Waals surface area contributed by atoms with E-state index in [-0.39, 0.29) is 0 Å². The minimum absolute atomic E-state index is 0.659. The van der Waals surface area contributed by atoms with E-state index in [9.17, 15) is 0 Å². The van der Waals surface area contributed by atoms with Crippen LogP contribution in [0.25, 0.3) is 21.9 Å². The van der Waals surface area contributed by atoms with Crippen LogP contribution in [0.5, 0.6) is 5.75 Å². The Morgan fingerprint density at radius 3 is 2.45 bits per heavy atom. The van der Waals surface area contributed by atoms with E-state index >= 15 is 0 Å². The Bertz CT molecular complexity index is 831. The summed E-state index contributed by atoms with van der Waals surface area (Å²) in [7, 11) is 0. The highest BCUT2D eigenvalue weighted by molar-refractivity contribution is 5.93. The zero-order valence-electron chi connectivity index (χ0n) is 11.7. The summed E-state index contributed by atoms with van der Waals surface area (Å²) in [5.74, 6) is 1.00. The lowest BCUT2D eigenvalue weighted by molar-refractivity contribution is 0.303. The van der Waals surface area contributed by atoms with Crippen molar-refractivity contribution in [2.75, 3.05) is 0 Å². The Labute approximate surface area is 118 Å². The fourth-order valence-corrected chi connectivity index (χ4v) is 3.04. The second-order valence-electron chi connectivity index (χ2n) is 5.60. The summed E-state index contributed by atoms with van der Waals surface area (Å²) in [5.41, 5.74) is 6.36. The molecule has 0 saturated heterocycles. The summed E-state index contributed by atoms with van der Waals surface area (Å²) in [6, 6.07) is 17.5. The van der Waals surface area contributed by atoms with Crippen molar-refractivity contribution in [3.8, 4) is 16.9 Å². The molecule has 0 radical (unpaired) electrons. The summed E-state index contributed by atoms with van der Waals surface area (Å²) >= 11 is 0. The molecule has 0 bridgehead atoms. The summed E-state index contributed by atoms with van der Waals surface area (Å²) in [4.78, 5) is 0. The van der Waals surface area contributed by atoms with Crippen LogP contribution in [0.3, 0.4) is 0 Å². The maximum absolute atomic E-state index is 5.97. The molecule has 20 heavy (non-hydrogen) atoms. The Morgan fingerprint density at radius 2 is 1.55 bits per heavy atom. The molecular formula is C19H16O. The van der Waals surface area contributed by atoms with Gasteiger partial charge in [0.1, 0.15) is 12.4 Å². The molecule has 0 fully saturated rings. The van der Waals surface area contributed by atoms with Crippen molar-refractivity contribution < 1.29 is 4.74 Å². The lowest BCUT2D eigenvalue weighted by Gasteiger charge is -2.22. The van der Waals surface area contributed by atoms with Crippen LogP contribution in [0.15, 0.2) is 48.5 Å². The molecule has 0 aromatic heterocycles. The normalized spacial score (nSPS) is 12.7. The molecule has 0 atom stereocenters. The molecule has 0 amide bonds. The zero-order valence-corrected chi connectivity index (χ0v) is 11.7. The Balaban J connectivity index is 2.03. The predicted molar refractivity (Wildman–Crippen MR) is 83.2 cm³/mol. The summed E-state index contributed by atoms with van der Waals surface area (Å²) < 4.78 is 5.97. The fourth-order valence-electron chi connectivity index (χ4n) is 3.04. The van der Waals surface area contributed by atoms with Crippen LogP contribution in [-0.2, 0) is 6.61 Å². The van der Waals surface area contributed by atoms with E-state index < -0.39 is 0 Å². The van der Waals surface area contributed by atoms with E-state index in [4.69, 9.17) is 4.74 Å². The fraction of sp³-hybridized carbons (Fsp3) is 0.158. The molecule has 0 aliphatic carbocycles. The van der Waals surface area contributed by atoms with Crippen molar-refractivity contribution in [3.05, 3.63) is 65.2 Å². The van der Waals surface area contributed by atoms with Crippen molar-refractivity contribution in [2.45, 2.75) is 20.5 Å². The Morgan fingerprint density at radius 1 is 0.800 bits per heavy atom. The van der Waals surface area contributed by atoms with Crippen LogP contribution in [-0.4, -0.2) is 0 Å². The lowest BCUT2D eigenvalue weighted by Crippen LogP contribution is -2.06. The van der Waals surface area contributed by atoms with Crippen LogP contribution in [0.4, 0.5) is 0 Å². The number of aryl methyl sites for hydroxylation is 2. The highest BCUT2D eigenvalue weighted by atomic mass is 16.5. The van der Waals surface area contributed by atoms with E-state index in [0.29, 0.717) is 6.61 Å². The number of hydrogen-bond donors (Lipinski definition) is 0. The van der Waals surface area contributed by atoms with Gasteiger partial charge in [-0.15, -0.1) is 0 Å². The zero-order chi connectivity index (χ0) is 13.7. The third-order valence-electron chi connectivity index (χ3n) is 4.09. The standard InChI is InChI=1S/C19H16O/c1-12-3-6-15-14(9-12)5-8-16-17-7-4-13(2)10-19(17)20-11-18(15)16/h3-10H,11H2,1-2H3. The van der Waals surface area contributed by atoms with Gasteiger partial charge in [0.15, 0.2) is 0 Å². The third-order valence-corrected chi connectivity index (χ3v) is 4.09. The van der Waals surface area contributed by atoms with Crippen molar-refractivity contribution in [1.82, 2.24) is 0 Å².